The van der Waals surface area contributed by atoms with Gasteiger partial charge >= 0.3 is 6.03 Å². The number of Topliss-reactive ketones (excluding diaryl/α,β-unsaturated/α-hetero) is 1. The minimum Gasteiger partial charge on any atom is -0.497 e. The number of nitrogens with zero attached hydrogens (tertiary/aromatic N) is 4. The molecule has 0 radical (unpaired) electrons. The van der Waals surface area contributed by atoms with E-state index in [0.29, 0.717) is 40.5 Å². The average Bonchev–Trinajstić information content (AvgIpc) is 3.68. The normalized spacial score (nSPS) is 16.9. The molecule has 260 valence electrons. The number of rotatable bonds is 10. The lowest BCUT2D eigenvalue weighted by molar-refractivity contribution is 0.0790. The van der Waals surface area contributed by atoms with E-state index in [1.807, 2.05) is 63.9 Å². The first-order chi connectivity index (χ1) is 23.9. The van der Waals surface area contributed by atoms with Crippen LogP contribution >= 0.6 is 0 Å². The van der Waals surface area contributed by atoms with Gasteiger partial charge in [0, 0.05) is 60.4 Å². The monoisotopic (exact) mass is 677 g/mol. The largest absolute Gasteiger partial charge is 0.497 e. The van der Waals surface area contributed by atoms with Crippen LogP contribution < -0.4 is 25.4 Å². The summed E-state index contributed by atoms with van der Waals surface area (Å²) < 4.78 is 13.5. The number of carbonyl (C=O) groups is 3. The van der Waals surface area contributed by atoms with Gasteiger partial charge in [0.1, 0.15) is 11.5 Å². The number of hydrogen-bond donors (Lipinski definition) is 3. The van der Waals surface area contributed by atoms with Crippen molar-refractivity contribution >= 4 is 34.8 Å². The quantitative estimate of drug-likeness (QED) is 0.171. The summed E-state index contributed by atoms with van der Waals surface area (Å²) in [6.45, 7) is 5.52. The van der Waals surface area contributed by atoms with Crippen molar-refractivity contribution in [3.8, 4) is 11.5 Å². The predicted molar refractivity (Wildman–Crippen MR) is 193 cm³/mol. The van der Waals surface area contributed by atoms with Gasteiger partial charge in [0.15, 0.2) is 5.76 Å². The highest BCUT2D eigenvalue weighted by Crippen LogP contribution is 2.49. The van der Waals surface area contributed by atoms with Crippen LogP contribution in [0.4, 0.5) is 21.9 Å². The summed E-state index contributed by atoms with van der Waals surface area (Å²) >= 11 is 0. The molecular weight excluding hydrogens is 634 g/mol. The molecule has 6 rings (SSSR count). The second-order valence-corrected chi connectivity index (χ2v) is 13.0. The maximum Gasteiger partial charge on any atom is 0.323 e. The molecule has 0 aliphatic carbocycles. The van der Waals surface area contributed by atoms with Gasteiger partial charge in [-0.05, 0) is 107 Å². The van der Waals surface area contributed by atoms with E-state index in [1.165, 1.54) is 0 Å². The van der Waals surface area contributed by atoms with Crippen LogP contribution in [0, 0.1) is 13.8 Å². The Hall–Kier alpha value is -5.62. The molecule has 1 aromatic heterocycles. The zero-order valence-corrected chi connectivity index (χ0v) is 29.5. The van der Waals surface area contributed by atoms with Crippen LogP contribution in [0.15, 0.2) is 72.5 Å². The fraction of sp³-hybridized carbons (Fsp3) is 0.316. The third-order valence-corrected chi connectivity index (χ3v) is 9.23. The summed E-state index contributed by atoms with van der Waals surface area (Å²) in [5.74, 6) is 0.684. The van der Waals surface area contributed by atoms with E-state index in [1.54, 1.807) is 61.5 Å². The number of nitrogens with one attached hydrogen (secondary N) is 3. The van der Waals surface area contributed by atoms with Crippen molar-refractivity contribution in [1.82, 2.24) is 19.6 Å². The minimum absolute atomic E-state index is 0.123. The van der Waals surface area contributed by atoms with Gasteiger partial charge in [-0.15, -0.1) is 0 Å². The van der Waals surface area contributed by atoms with E-state index in [0.717, 1.165) is 41.2 Å². The zero-order chi connectivity index (χ0) is 35.7. The van der Waals surface area contributed by atoms with Gasteiger partial charge in [-0.2, -0.15) is 5.10 Å². The SMILES string of the molecule is COc1ccc2c(c1)C(/C=C1\Oc3ccc(NC(=O)Nc4cccc(C(=O)N(C)CCCN(C)C)c4)cc3C1=O)C(c1c(C)nn(C)c1C)N2. The zero-order valence-electron chi connectivity index (χ0n) is 29.5. The van der Waals surface area contributed by atoms with Crippen LogP contribution in [0.3, 0.4) is 0 Å². The van der Waals surface area contributed by atoms with E-state index in [2.05, 4.69) is 25.9 Å². The van der Waals surface area contributed by atoms with Gasteiger partial charge in [-0.25, -0.2) is 4.79 Å². The maximum absolute atomic E-state index is 13.8. The molecule has 2 atom stereocenters. The topological polar surface area (TPSA) is 130 Å². The van der Waals surface area contributed by atoms with E-state index in [4.69, 9.17) is 9.47 Å². The number of benzene rings is 3. The number of aromatic nitrogens is 2. The Labute approximate surface area is 292 Å². The highest BCUT2D eigenvalue weighted by atomic mass is 16.5. The molecule has 0 bridgehead atoms. The molecule has 2 unspecified atom stereocenters. The summed E-state index contributed by atoms with van der Waals surface area (Å²) in [6.07, 6.45) is 2.72. The highest BCUT2D eigenvalue weighted by Gasteiger charge is 2.38. The van der Waals surface area contributed by atoms with Gasteiger partial charge in [-0.1, -0.05) is 6.07 Å². The Balaban J connectivity index is 1.17. The summed E-state index contributed by atoms with van der Waals surface area (Å²) in [7, 11) is 9.31. The number of carbonyl (C=O) groups excluding carboxylic acids is 3. The van der Waals surface area contributed by atoms with E-state index >= 15 is 0 Å². The number of amides is 3. The van der Waals surface area contributed by atoms with E-state index in [9.17, 15) is 14.4 Å². The molecule has 3 heterocycles. The second-order valence-electron chi connectivity index (χ2n) is 13.0. The first kappa shape index (κ1) is 34.3. The van der Waals surface area contributed by atoms with Gasteiger partial charge in [0.05, 0.1) is 24.4 Å². The number of hydrogen-bond acceptors (Lipinski definition) is 8. The summed E-state index contributed by atoms with van der Waals surface area (Å²) in [5.41, 5.74) is 6.64. The molecule has 12 nitrogen and oxygen atoms in total. The molecule has 50 heavy (non-hydrogen) atoms. The standard InChI is InChI=1S/C38H43N7O5/c1-22-34(23(2)45(6)42-22)35-29(28-20-27(49-7)13-14-31(28)41-35)21-33-36(46)30-19-26(12-15-32(30)50-33)40-38(48)39-25-11-8-10-24(18-25)37(47)44(5)17-9-16-43(3)4/h8,10-15,18-21,29,35,41H,9,16-17H2,1-7H3,(H2,39,40,48)/b33-21-. The third-order valence-electron chi connectivity index (χ3n) is 9.23. The summed E-state index contributed by atoms with van der Waals surface area (Å²) in [5, 5.41) is 13.9. The molecule has 2 aliphatic heterocycles. The maximum atomic E-state index is 13.8. The molecule has 0 saturated heterocycles. The van der Waals surface area contributed by atoms with Crippen LogP contribution in [-0.4, -0.2) is 78.6 Å². The number of ketones is 1. The lowest BCUT2D eigenvalue weighted by Gasteiger charge is -2.19. The Kier molecular flexibility index (Phi) is 9.65. The number of allylic oxidation sites excluding steroid dienone is 1. The van der Waals surface area contributed by atoms with Crippen LogP contribution in [0.2, 0.25) is 0 Å². The number of aryl methyl sites for hydroxylation is 2. The summed E-state index contributed by atoms with van der Waals surface area (Å²) in [6, 6.07) is 17.0. The molecule has 0 spiro atoms. The Morgan fingerprint density at radius 1 is 1.02 bits per heavy atom. The number of urea groups is 1. The minimum atomic E-state index is -0.511. The Bertz CT molecular complexity index is 2000. The molecule has 3 amide bonds. The lowest BCUT2D eigenvalue weighted by Crippen LogP contribution is -2.29. The van der Waals surface area contributed by atoms with Gasteiger partial charge in [-0.3, -0.25) is 14.3 Å². The molecule has 12 heteroatoms. The lowest BCUT2D eigenvalue weighted by atomic mass is 9.88. The Morgan fingerprint density at radius 3 is 2.48 bits per heavy atom. The fourth-order valence-electron chi connectivity index (χ4n) is 6.60. The number of fused-ring (bicyclic) bond motifs is 2. The van der Waals surface area contributed by atoms with Gasteiger partial charge < -0.3 is 35.2 Å². The molecular formula is C38H43N7O5. The van der Waals surface area contributed by atoms with E-state index < -0.39 is 6.03 Å². The molecule has 4 aromatic rings. The van der Waals surface area contributed by atoms with Crippen molar-refractivity contribution in [3.05, 3.63) is 106 Å². The first-order valence-electron chi connectivity index (χ1n) is 16.5. The van der Waals surface area contributed by atoms with Crippen molar-refractivity contribution in [2.45, 2.75) is 32.2 Å². The van der Waals surface area contributed by atoms with Gasteiger partial charge in [0.25, 0.3) is 5.91 Å². The third kappa shape index (κ3) is 6.92. The number of ether oxygens (including phenoxy) is 2. The van der Waals surface area contributed by atoms with Crippen molar-refractivity contribution in [2.24, 2.45) is 7.05 Å². The highest BCUT2D eigenvalue weighted by molar-refractivity contribution is 6.13. The van der Waals surface area contributed by atoms with Crippen LogP contribution in [-0.2, 0) is 7.05 Å². The van der Waals surface area contributed by atoms with Crippen LogP contribution in [0.5, 0.6) is 11.5 Å². The smallest absolute Gasteiger partial charge is 0.323 e. The fourth-order valence-corrected chi connectivity index (χ4v) is 6.60. The molecule has 3 N–H and O–H groups in total. The molecule has 2 aliphatic rings. The van der Waals surface area contributed by atoms with Crippen LogP contribution in [0.25, 0.3) is 0 Å². The van der Waals surface area contributed by atoms with Gasteiger partial charge in [0.2, 0.25) is 5.78 Å². The van der Waals surface area contributed by atoms with Crippen LogP contribution in [0.1, 0.15) is 61.6 Å². The van der Waals surface area contributed by atoms with Crippen molar-refractivity contribution in [2.75, 3.05) is 57.3 Å². The van der Waals surface area contributed by atoms with Crippen molar-refractivity contribution in [1.29, 1.82) is 0 Å². The van der Waals surface area contributed by atoms with Crippen molar-refractivity contribution in [3.63, 3.8) is 0 Å². The average molecular weight is 678 g/mol. The molecule has 0 saturated carbocycles. The number of methoxy groups -OCH3 is 1. The summed E-state index contributed by atoms with van der Waals surface area (Å²) in [4.78, 5) is 43.5. The first-order valence-corrected chi connectivity index (χ1v) is 16.5. The predicted octanol–water partition coefficient (Wildman–Crippen LogP) is 6.12. The molecule has 0 fully saturated rings. The Morgan fingerprint density at radius 2 is 1.78 bits per heavy atom. The number of anilines is 3. The van der Waals surface area contributed by atoms with E-state index in [-0.39, 0.29) is 29.4 Å². The van der Waals surface area contributed by atoms with Crippen molar-refractivity contribution < 1.29 is 23.9 Å². The molecule has 3 aromatic carbocycles. The second kappa shape index (κ2) is 14.1.